The fourth-order valence-corrected chi connectivity index (χ4v) is 2.17. The summed E-state index contributed by atoms with van der Waals surface area (Å²) in [6, 6.07) is 0.223. The van der Waals surface area contributed by atoms with Crippen LogP contribution in [0.1, 0.15) is 40.0 Å². The van der Waals surface area contributed by atoms with Gasteiger partial charge in [-0.05, 0) is 37.8 Å². The van der Waals surface area contributed by atoms with Crippen molar-refractivity contribution in [2.75, 3.05) is 19.6 Å². The Morgan fingerprint density at radius 1 is 1.32 bits per heavy atom. The molecule has 19 heavy (non-hydrogen) atoms. The molecular weight excluding hydrogens is 242 g/mol. The van der Waals surface area contributed by atoms with Crippen molar-refractivity contribution >= 4 is 11.8 Å². The highest BCUT2D eigenvalue weighted by atomic mass is 16.2. The number of hydrogen-bond donors (Lipinski definition) is 3. The number of hydrogen-bond acceptors (Lipinski definition) is 3. The molecule has 0 spiro atoms. The quantitative estimate of drug-likeness (QED) is 0.663. The number of carbonyl (C=O) groups is 2. The van der Waals surface area contributed by atoms with Gasteiger partial charge in [0, 0.05) is 12.5 Å². The molecule has 1 fully saturated rings. The first-order chi connectivity index (χ1) is 8.99. The second kappa shape index (κ2) is 8.15. The van der Waals surface area contributed by atoms with Crippen molar-refractivity contribution in [3.8, 4) is 0 Å². The Kier molecular flexibility index (Phi) is 6.84. The molecule has 5 heteroatoms. The van der Waals surface area contributed by atoms with E-state index in [0.717, 1.165) is 25.9 Å². The second-order valence-electron chi connectivity index (χ2n) is 5.85. The van der Waals surface area contributed by atoms with Crippen LogP contribution in [-0.4, -0.2) is 37.5 Å². The molecule has 0 aromatic carbocycles. The molecule has 1 heterocycles. The van der Waals surface area contributed by atoms with Crippen LogP contribution in [0.3, 0.4) is 0 Å². The molecular formula is C14H27N3O2. The van der Waals surface area contributed by atoms with Gasteiger partial charge in [0.1, 0.15) is 0 Å². The maximum atomic E-state index is 11.8. The van der Waals surface area contributed by atoms with Gasteiger partial charge in [0.15, 0.2) is 0 Å². The van der Waals surface area contributed by atoms with Crippen LogP contribution in [-0.2, 0) is 9.59 Å². The first kappa shape index (κ1) is 16.0. The van der Waals surface area contributed by atoms with E-state index < -0.39 is 0 Å². The van der Waals surface area contributed by atoms with Crippen LogP contribution in [0.5, 0.6) is 0 Å². The fourth-order valence-electron chi connectivity index (χ4n) is 2.17. The number of amides is 2. The summed E-state index contributed by atoms with van der Waals surface area (Å²) in [6.45, 7) is 8.25. The van der Waals surface area contributed by atoms with E-state index in [1.807, 2.05) is 0 Å². The highest BCUT2D eigenvalue weighted by Crippen LogP contribution is 2.09. The molecule has 1 aliphatic rings. The lowest BCUT2D eigenvalue weighted by atomic mass is 9.95. The Labute approximate surface area is 115 Å². The largest absolute Gasteiger partial charge is 0.351 e. The number of rotatable bonds is 6. The average molecular weight is 269 g/mol. The Bertz CT molecular complexity index is 305. The van der Waals surface area contributed by atoms with E-state index in [9.17, 15) is 9.59 Å². The van der Waals surface area contributed by atoms with Crippen LogP contribution >= 0.6 is 0 Å². The lowest BCUT2D eigenvalue weighted by Gasteiger charge is -2.30. The van der Waals surface area contributed by atoms with Crippen LogP contribution in [0.4, 0.5) is 0 Å². The third kappa shape index (κ3) is 6.57. The van der Waals surface area contributed by atoms with Gasteiger partial charge in [0.25, 0.3) is 0 Å². The molecule has 2 amide bonds. The van der Waals surface area contributed by atoms with Gasteiger partial charge in [-0.3, -0.25) is 9.59 Å². The van der Waals surface area contributed by atoms with Gasteiger partial charge in [-0.2, -0.15) is 0 Å². The maximum absolute atomic E-state index is 11.8. The first-order valence-electron chi connectivity index (χ1n) is 7.25. The minimum absolute atomic E-state index is 0.0396. The van der Waals surface area contributed by atoms with Gasteiger partial charge in [-0.1, -0.05) is 20.8 Å². The van der Waals surface area contributed by atoms with E-state index in [1.54, 1.807) is 0 Å². The van der Waals surface area contributed by atoms with Crippen LogP contribution in [0.2, 0.25) is 0 Å². The van der Waals surface area contributed by atoms with Crippen LogP contribution < -0.4 is 16.0 Å². The monoisotopic (exact) mass is 269 g/mol. The Morgan fingerprint density at radius 2 is 2.05 bits per heavy atom. The molecule has 110 valence electrons. The SMILES string of the molecule is CC(C)CCC(=O)NCC(=O)NC1CCNCC1C. The zero-order valence-corrected chi connectivity index (χ0v) is 12.3. The summed E-state index contributed by atoms with van der Waals surface area (Å²) in [4.78, 5) is 23.3. The average Bonchev–Trinajstić information content (AvgIpc) is 2.36. The van der Waals surface area contributed by atoms with Crippen molar-refractivity contribution in [1.29, 1.82) is 0 Å². The lowest BCUT2D eigenvalue weighted by Crippen LogP contribution is -2.50. The Hall–Kier alpha value is -1.10. The molecule has 1 saturated heterocycles. The first-order valence-corrected chi connectivity index (χ1v) is 7.25. The van der Waals surface area contributed by atoms with Crippen molar-refractivity contribution in [2.45, 2.75) is 46.1 Å². The van der Waals surface area contributed by atoms with Crippen molar-refractivity contribution < 1.29 is 9.59 Å². The number of nitrogens with one attached hydrogen (secondary N) is 3. The maximum Gasteiger partial charge on any atom is 0.239 e. The predicted octanol–water partition coefficient (Wildman–Crippen LogP) is 0.653. The zero-order valence-electron chi connectivity index (χ0n) is 12.3. The van der Waals surface area contributed by atoms with Gasteiger partial charge in [0.05, 0.1) is 6.54 Å². The molecule has 3 N–H and O–H groups in total. The van der Waals surface area contributed by atoms with E-state index in [-0.39, 0.29) is 24.4 Å². The molecule has 0 aromatic heterocycles. The van der Waals surface area contributed by atoms with Crippen molar-refractivity contribution in [3.05, 3.63) is 0 Å². The predicted molar refractivity (Wildman–Crippen MR) is 75.7 cm³/mol. The van der Waals surface area contributed by atoms with Crippen LogP contribution in [0.15, 0.2) is 0 Å². The fraction of sp³-hybridized carbons (Fsp3) is 0.857. The summed E-state index contributed by atoms with van der Waals surface area (Å²) in [5.41, 5.74) is 0. The summed E-state index contributed by atoms with van der Waals surface area (Å²) in [7, 11) is 0. The summed E-state index contributed by atoms with van der Waals surface area (Å²) in [5, 5.41) is 8.96. The minimum atomic E-state index is -0.0864. The van der Waals surface area contributed by atoms with E-state index in [2.05, 4.69) is 36.7 Å². The standard InChI is InChI=1S/C14H27N3O2/c1-10(2)4-5-13(18)16-9-14(19)17-12-6-7-15-8-11(12)3/h10-12,15H,4-9H2,1-3H3,(H,16,18)(H,17,19). The topological polar surface area (TPSA) is 70.2 Å². The Morgan fingerprint density at radius 3 is 2.68 bits per heavy atom. The lowest BCUT2D eigenvalue weighted by molar-refractivity contribution is -0.126. The number of piperidine rings is 1. The van der Waals surface area contributed by atoms with Gasteiger partial charge < -0.3 is 16.0 Å². The van der Waals surface area contributed by atoms with E-state index >= 15 is 0 Å². The van der Waals surface area contributed by atoms with Crippen molar-refractivity contribution in [3.63, 3.8) is 0 Å². The van der Waals surface area contributed by atoms with Gasteiger partial charge in [0.2, 0.25) is 11.8 Å². The number of carbonyl (C=O) groups excluding carboxylic acids is 2. The van der Waals surface area contributed by atoms with E-state index in [4.69, 9.17) is 0 Å². The van der Waals surface area contributed by atoms with Crippen molar-refractivity contribution in [2.24, 2.45) is 11.8 Å². The Balaban J connectivity index is 2.18. The van der Waals surface area contributed by atoms with E-state index in [1.165, 1.54) is 0 Å². The smallest absolute Gasteiger partial charge is 0.239 e. The normalized spacial score (nSPS) is 23.2. The molecule has 0 saturated carbocycles. The molecule has 0 aromatic rings. The molecule has 1 aliphatic heterocycles. The zero-order chi connectivity index (χ0) is 14.3. The highest BCUT2D eigenvalue weighted by Gasteiger charge is 2.22. The molecule has 1 rings (SSSR count). The molecule has 0 aliphatic carbocycles. The third-order valence-electron chi connectivity index (χ3n) is 3.53. The van der Waals surface area contributed by atoms with Gasteiger partial charge in [-0.15, -0.1) is 0 Å². The summed E-state index contributed by atoms with van der Waals surface area (Å²) in [6.07, 6.45) is 2.31. The van der Waals surface area contributed by atoms with Crippen LogP contribution in [0.25, 0.3) is 0 Å². The van der Waals surface area contributed by atoms with E-state index in [0.29, 0.717) is 18.3 Å². The summed E-state index contributed by atoms with van der Waals surface area (Å²) in [5.74, 6) is 0.823. The minimum Gasteiger partial charge on any atom is -0.351 e. The second-order valence-corrected chi connectivity index (χ2v) is 5.85. The molecule has 0 radical (unpaired) electrons. The highest BCUT2D eigenvalue weighted by molar-refractivity contribution is 5.84. The molecule has 0 bridgehead atoms. The third-order valence-corrected chi connectivity index (χ3v) is 3.53. The van der Waals surface area contributed by atoms with Crippen molar-refractivity contribution in [1.82, 2.24) is 16.0 Å². The molecule has 2 atom stereocenters. The summed E-state index contributed by atoms with van der Waals surface area (Å²) < 4.78 is 0. The summed E-state index contributed by atoms with van der Waals surface area (Å²) >= 11 is 0. The molecule has 5 nitrogen and oxygen atoms in total. The van der Waals surface area contributed by atoms with Crippen LogP contribution in [0, 0.1) is 11.8 Å². The van der Waals surface area contributed by atoms with Gasteiger partial charge in [-0.25, -0.2) is 0 Å². The van der Waals surface area contributed by atoms with Gasteiger partial charge >= 0.3 is 0 Å². The molecule has 2 unspecified atom stereocenters.